The van der Waals surface area contributed by atoms with E-state index in [0.717, 1.165) is 16.7 Å². The van der Waals surface area contributed by atoms with E-state index in [4.69, 9.17) is 0 Å². The molecule has 0 saturated heterocycles. The molecule has 2 amide bonds. The van der Waals surface area contributed by atoms with Gasteiger partial charge in [-0.15, -0.1) is 0 Å². The fourth-order valence-corrected chi connectivity index (χ4v) is 3.04. The number of amides is 2. The Morgan fingerprint density at radius 3 is 1.79 bits per heavy atom. The molecule has 146 valence electrons. The Labute approximate surface area is 171 Å². The molecule has 3 aromatic rings. The normalized spacial score (nSPS) is 10.8. The molecule has 0 aliphatic heterocycles. The minimum atomic E-state index is -0.299. The zero-order valence-electron chi connectivity index (χ0n) is 16.1. The lowest BCUT2D eigenvalue weighted by Gasteiger charge is -2.19. The van der Waals surface area contributed by atoms with E-state index < -0.39 is 0 Å². The molecule has 0 atom stereocenters. The van der Waals surface area contributed by atoms with E-state index in [0.29, 0.717) is 6.54 Å². The lowest BCUT2D eigenvalue weighted by molar-refractivity contribution is -0.123. The van der Waals surface area contributed by atoms with Gasteiger partial charge in [-0.05, 0) is 22.8 Å². The van der Waals surface area contributed by atoms with Gasteiger partial charge in [0, 0.05) is 18.5 Å². The van der Waals surface area contributed by atoms with E-state index in [1.54, 1.807) is 6.08 Å². The van der Waals surface area contributed by atoms with E-state index in [1.807, 2.05) is 66.7 Å². The predicted octanol–water partition coefficient (Wildman–Crippen LogP) is 3.76. The lowest BCUT2D eigenvalue weighted by Crippen LogP contribution is -2.38. The minimum absolute atomic E-state index is 0.0510. The molecule has 0 aromatic heterocycles. The molecule has 0 spiro atoms. The van der Waals surface area contributed by atoms with Gasteiger partial charge in [-0.1, -0.05) is 91.0 Å². The van der Waals surface area contributed by atoms with Gasteiger partial charge in [0.05, 0.1) is 6.54 Å². The first-order valence-electron chi connectivity index (χ1n) is 9.60. The molecule has 0 unspecified atom stereocenters. The van der Waals surface area contributed by atoms with Gasteiger partial charge in [-0.2, -0.15) is 0 Å². The summed E-state index contributed by atoms with van der Waals surface area (Å²) in [5.41, 5.74) is 3.20. The zero-order chi connectivity index (χ0) is 20.3. The van der Waals surface area contributed by atoms with Crippen molar-refractivity contribution < 1.29 is 9.59 Å². The van der Waals surface area contributed by atoms with Crippen molar-refractivity contribution in [3.63, 3.8) is 0 Å². The third-order valence-electron chi connectivity index (χ3n) is 4.56. The Kier molecular flexibility index (Phi) is 7.35. The van der Waals surface area contributed by atoms with Gasteiger partial charge < -0.3 is 10.6 Å². The van der Waals surface area contributed by atoms with E-state index in [1.165, 1.54) is 6.08 Å². The molecule has 0 fully saturated rings. The summed E-state index contributed by atoms with van der Waals surface area (Å²) < 4.78 is 0. The third-order valence-corrected chi connectivity index (χ3v) is 4.56. The summed E-state index contributed by atoms with van der Waals surface area (Å²) in [5, 5.41) is 5.55. The first kappa shape index (κ1) is 20.1. The molecule has 0 bridgehead atoms. The number of hydrogen-bond donors (Lipinski definition) is 2. The number of hydrogen-bond acceptors (Lipinski definition) is 2. The number of carbonyl (C=O) groups is 2. The van der Waals surface area contributed by atoms with Crippen LogP contribution in [0.15, 0.2) is 97.1 Å². The molecular weight excluding hydrogens is 360 g/mol. The van der Waals surface area contributed by atoms with Crippen LogP contribution in [-0.2, 0) is 9.59 Å². The number of nitrogens with one attached hydrogen (secondary N) is 2. The van der Waals surface area contributed by atoms with Crippen molar-refractivity contribution >= 4 is 17.9 Å². The SMILES string of the molecule is O=C(/C=C/c1ccccc1)NCC(=O)NCC(c1ccccc1)c1ccccc1. The van der Waals surface area contributed by atoms with Crippen molar-refractivity contribution in [3.05, 3.63) is 114 Å². The third kappa shape index (κ3) is 6.47. The van der Waals surface area contributed by atoms with Crippen molar-refractivity contribution in [2.45, 2.75) is 5.92 Å². The van der Waals surface area contributed by atoms with Crippen molar-refractivity contribution in [3.8, 4) is 0 Å². The van der Waals surface area contributed by atoms with Crippen LogP contribution in [0.1, 0.15) is 22.6 Å². The van der Waals surface area contributed by atoms with Crippen LogP contribution in [0.25, 0.3) is 6.08 Å². The molecule has 4 heteroatoms. The van der Waals surface area contributed by atoms with Crippen LogP contribution in [-0.4, -0.2) is 24.9 Å². The second-order valence-electron chi connectivity index (χ2n) is 6.64. The molecule has 2 N–H and O–H groups in total. The highest BCUT2D eigenvalue weighted by molar-refractivity contribution is 5.94. The quantitative estimate of drug-likeness (QED) is 0.581. The van der Waals surface area contributed by atoms with Gasteiger partial charge >= 0.3 is 0 Å². The number of carbonyl (C=O) groups excluding carboxylic acids is 2. The van der Waals surface area contributed by atoms with Gasteiger partial charge in [0.15, 0.2) is 0 Å². The maximum absolute atomic E-state index is 12.2. The topological polar surface area (TPSA) is 58.2 Å². The first-order valence-corrected chi connectivity index (χ1v) is 9.60. The van der Waals surface area contributed by atoms with Crippen molar-refractivity contribution in [2.24, 2.45) is 0 Å². The van der Waals surface area contributed by atoms with Gasteiger partial charge in [0.25, 0.3) is 0 Å². The van der Waals surface area contributed by atoms with Gasteiger partial charge in [-0.3, -0.25) is 9.59 Å². The Balaban J connectivity index is 1.52. The summed E-state index contributed by atoms with van der Waals surface area (Å²) in [4.78, 5) is 24.2. The monoisotopic (exact) mass is 384 g/mol. The summed E-state index contributed by atoms with van der Waals surface area (Å²) in [6.45, 7) is 0.400. The summed E-state index contributed by atoms with van der Waals surface area (Å²) in [6.07, 6.45) is 3.15. The van der Waals surface area contributed by atoms with Crippen LogP contribution in [0.4, 0.5) is 0 Å². The van der Waals surface area contributed by atoms with Crippen molar-refractivity contribution in [2.75, 3.05) is 13.1 Å². The van der Waals surface area contributed by atoms with E-state index in [-0.39, 0.29) is 24.3 Å². The van der Waals surface area contributed by atoms with Gasteiger partial charge in [0.2, 0.25) is 11.8 Å². The van der Waals surface area contributed by atoms with Crippen molar-refractivity contribution in [1.29, 1.82) is 0 Å². The smallest absolute Gasteiger partial charge is 0.244 e. The molecule has 3 rings (SSSR count). The maximum Gasteiger partial charge on any atom is 0.244 e. The Morgan fingerprint density at radius 2 is 1.24 bits per heavy atom. The Morgan fingerprint density at radius 1 is 0.724 bits per heavy atom. The average molecular weight is 384 g/mol. The molecule has 0 heterocycles. The second-order valence-corrected chi connectivity index (χ2v) is 6.64. The van der Waals surface area contributed by atoms with E-state index >= 15 is 0 Å². The Hall–Kier alpha value is -3.66. The molecule has 0 saturated carbocycles. The highest BCUT2D eigenvalue weighted by Gasteiger charge is 2.15. The summed E-state index contributed by atoms with van der Waals surface area (Å²) in [5.74, 6) is -0.468. The van der Waals surface area contributed by atoms with E-state index in [9.17, 15) is 9.59 Å². The lowest BCUT2D eigenvalue weighted by atomic mass is 9.91. The van der Waals surface area contributed by atoms with Crippen LogP contribution in [0, 0.1) is 0 Å². The zero-order valence-corrected chi connectivity index (χ0v) is 16.1. The highest BCUT2D eigenvalue weighted by Crippen LogP contribution is 2.23. The Bertz CT molecular complexity index is 899. The standard InChI is InChI=1S/C25H24N2O2/c28-24(17-16-20-10-4-1-5-11-20)27-19-25(29)26-18-23(21-12-6-2-7-13-21)22-14-8-3-9-15-22/h1-17,23H,18-19H2,(H,26,29)(H,27,28)/b17-16+. The molecule has 0 aliphatic carbocycles. The highest BCUT2D eigenvalue weighted by atomic mass is 16.2. The van der Waals surface area contributed by atoms with Crippen LogP contribution in [0.3, 0.4) is 0 Å². The fourth-order valence-electron chi connectivity index (χ4n) is 3.04. The molecule has 29 heavy (non-hydrogen) atoms. The molecular formula is C25H24N2O2. The second kappa shape index (κ2) is 10.6. The number of rotatable bonds is 8. The van der Waals surface area contributed by atoms with Crippen LogP contribution < -0.4 is 10.6 Å². The van der Waals surface area contributed by atoms with Crippen LogP contribution in [0.2, 0.25) is 0 Å². The van der Waals surface area contributed by atoms with Crippen LogP contribution >= 0.6 is 0 Å². The summed E-state index contributed by atoms with van der Waals surface area (Å²) in [7, 11) is 0. The molecule has 0 aliphatic rings. The van der Waals surface area contributed by atoms with Gasteiger partial charge in [0.1, 0.15) is 0 Å². The van der Waals surface area contributed by atoms with Gasteiger partial charge in [-0.25, -0.2) is 0 Å². The largest absolute Gasteiger partial charge is 0.354 e. The van der Waals surface area contributed by atoms with Crippen molar-refractivity contribution in [1.82, 2.24) is 10.6 Å². The molecule has 3 aromatic carbocycles. The molecule has 0 radical (unpaired) electrons. The fraction of sp³-hybridized carbons (Fsp3) is 0.120. The number of benzene rings is 3. The predicted molar refractivity (Wildman–Crippen MR) is 116 cm³/mol. The first-order chi connectivity index (χ1) is 14.2. The van der Waals surface area contributed by atoms with E-state index in [2.05, 4.69) is 34.9 Å². The summed E-state index contributed by atoms with van der Waals surface area (Å²) in [6, 6.07) is 29.7. The minimum Gasteiger partial charge on any atom is -0.354 e. The molecule has 4 nitrogen and oxygen atoms in total. The summed E-state index contributed by atoms with van der Waals surface area (Å²) >= 11 is 0. The maximum atomic E-state index is 12.2. The van der Waals surface area contributed by atoms with Crippen LogP contribution in [0.5, 0.6) is 0 Å². The average Bonchev–Trinajstić information content (AvgIpc) is 2.78.